The van der Waals surface area contributed by atoms with Crippen LogP contribution in [0, 0.1) is 0 Å². The Morgan fingerprint density at radius 2 is 2.35 bits per heavy atom. The van der Waals surface area contributed by atoms with Crippen molar-refractivity contribution in [2.75, 3.05) is 7.11 Å². The van der Waals surface area contributed by atoms with Gasteiger partial charge in [0.05, 0.1) is 12.1 Å². The van der Waals surface area contributed by atoms with Crippen molar-refractivity contribution in [2.45, 2.75) is 6.42 Å². The third-order valence-corrected chi connectivity index (χ3v) is 2.17. The fourth-order valence-electron chi connectivity index (χ4n) is 1.13. The number of nitrogens with zero attached hydrogens (tertiary/aromatic N) is 3. The van der Waals surface area contributed by atoms with E-state index in [0.29, 0.717) is 16.5 Å². The van der Waals surface area contributed by atoms with Crippen molar-refractivity contribution in [2.24, 2.45) is 0 Å². The summed E-state index contributed by atoms with van der Waals surface area (Å²) < 4.78 is 9.37. The predicted molar refractivity (Wildman–Crippen MR) is 58.3 cm³/mol. The molecule has 2 aromatic rings. The lowest BCUT2D eigenvalue weighted by Crippen LogP contribution is -2.04. The summed E-state index contributed by atoms with van der Waals surface area (Å²) in [5, 5.41) is 4.22. The van der Waals surface area contributed by atoms with Gasteiger partial charge in [-0.1, -0.05) is 16.8 Å². The second-order valence-electron chi connectivity index (χ2n) is 3.13. The molecule has 0 aromatic carbocycles. The molecule has 0 fully saturated rings. The number of methoxy groups -OCH3 is 1. The molecule has 0 atom stereocenters. The first kappa shape index (κ1) is 11.5. The van der Waals surface area contributed by atoms with Gasteiger partial charge in [0.15, 0.2) is 0 Å². The van der Waals surface area contributed by atoms with Crippen LogP contribution in [0.3, 0.4) is 0 Å². The highest BCUT2D eigenvalue weighted by Gasteiger charge is 2.13. The molecule has 0 saturated heterocycles. The molecule has 0 N–H and O–H groups in total. The Labute approximate surface area is 102 Å². The van der Waals surface area contributed by atoms with Crippen molar-refractivity contribution < 1.29 is 14.1 Å². The van der Waals surface area contributed by atoms with Gasteiger partial charge in [-0.3, -0.25) is 9.78 Å². The lowest BCUT2D eigenvalue weighted by atomic mass is 10.3. The van der Waals surface area contributed by atoms with Crippen LogP contribution in [0.2, 0.25) is 5.02 Å². The number of rotatable bonds is 3. The number of halogens is 1. The van der Waals surface area contributed by atoms with E-state index in [1.54, 1.807) is 12.1 Å². The molecule has 88 valence electrons. The zero-order chi connectivity index (χ0) is 12.3. The SMILES string of the molecule is COC(=O)Cc1nc(-c2ccc(Cl)cn2)no1. The van der Waals surface area contributed by atoms with Crippen molar-refractivity contribution in [3.05, 3.63) is 29.2 Å². The highest BCUT2D eigenvalue weighted by atomic mass is 35.5. The van der Waals surface area contributed by atoms with E-state index in [2.05, 4.69) is 19.9 Å². The molecule has 0 aliphatic carbocycles. The first-order chi connectivity index (χ1) is 8.19. The molecule has 6 nitrogen and oxygen atoms in total. The highest BCUT2D eigenvalue weighted by molar-refractivity contribution is 6.30. The molecule has 0 spiro atoms. The van der Waals surface area contributed by atoms with E-state index in [4.69, 9.17) is 16.1 Å². The minimum absolute atomic E-state index is 0.0584. The first-order valence-electron chi connectivity index (χ1n) is 4.70. The van der Waals surface area contributed by atoms with Gasteiger partial charge in [-0.15, -0.1) is 0 Å². The lowest BCUT2D eigenvalue weighted by molar-refractivity contribution is -0.140. The normalized spacial score (nSPS) is 10.2. The monoisotopic (exact) mass is 253 g/mol. The van der Waals surface area contributed by atoms with Gasteiger partial charge < -0.3 is 9.26 Å². The van der Waals surface area contributed by atoms with Gasteiger partial charge in [-0.05, 0) is 12.1 Å². The second-order valence-corrected chi connectivity index (χ2v) is 3.56. The Morgan fingerprint density at radius 1 is 1.53 bits per heavy atom. The largest absolute Gasteiger partial charge is 0.469 e. The Bertz CT molecular complexity index is 524. The number of hydrogen-bond donors (Lipinski definition) is 0. The molecule has 0 amide bonds. The molecule has 2 aromatic heterocycles. The molecule has 7 heteroatoms. The van der Waals surface area contributed by atoms with E-state index < -0.39 is 5.97 Å². The molecule has 17 heavy (non-hydrogen) atoms. The fraction of sp³-hybridized carbons (Fsp3) is 0.200. The zero-order valence-electron chi connectivity index (χ0n) is 8.88. The van der Waals surface area contributed by atoms with Crippen molar-refractivity contribution >= 4 is 17.6 Å². The van der Waals surface area contributed by atoms with Crippen LogP contribution < -0.4 is 0 Å². The van der Waals surface area contributed by atoms with Crippen LogP contribution in [0.5, 0.6) is 0 Å². The van der Waals surface area contributed by atoms with E-state index in [1.165, 1.54) is 13.3 Å². The van der Waals surface area contributed by atoms with Crippen LogP contribution in [0.15, 0.2) is 22.9 Å². The van der Waals surface area contributed by atoms with Crippen LogP contribution in [0.4, 0.5) is 0 Å². The van der Waals surface area contributed by atoms with Gasteiger partial charge >= 0.3 is 5.97 Å². The predicted octanol–water partition coefficient (Wildman–Crippen LogP) is 1.50. The molecule has 0 aliphatic rings. The van der Waals surface area contributed by atoms with E-state index in [-0.39, 0.29) is 12.3 Å². The molecule has 0 radical (unpaired) electrons. The molecule has 2 rings (SSSR count). The summed E-state index contributed by atoms with van der Waals surface area (Å²) in [6.45, 7) is 0. The number of carbonyl (C=O) groups excluding carboxylic acids is 1. The molecular formula is C10H8ClN3O3. The van der Waals surface area contributed by atoms with E-state index in [0.717, 1.165) is 0 Å². The Hall–Kier alpha value is -1.95. The summed E-state index contributed by atoms with van der Waals surface area (Å²) in [5.41, 5.74) is 0.522. The number of ether oxygens (including phenoxy) is 1. The maximum atomic E-state index is 11.0. The van der Waals surface area contributed by atoms with Crippen molar-refractivity contribution in [3.8, 4) is 11.5 Å². The molecule has 0 bridgehead atoms. The van der Waals surface area contributed by atoms with Crippen LogP contribution in [0.1, 0.15) is 5.89 Å². The van der Waals surface area contributed by atoms with E-state index in [1.807, 2.05) is 0 Å². The summed E-state index contributed by atoms with van der Waals surface area (Å²) >= 11 is 5.70. The third-order valence-electron chi connectivity index (χ3n) is 1.95. The minimum Gasteiger partial charge on any atom is -0.469 e. The highest BCUT2D eigenvalue weighted by Crippen LogP contribution is 2.15. The number of aromatic nitrogens is 3. The number of carbonyl (C=O) groups is 1. The molecule has 0 unspecified atom stereocenters. The van der Waals surface area contributed by atoms with Gasteiger partial charge in [0.25, 0.3) is 0 Å². The molecule has 0 aliphatic heterocycles. The summed E-state index contributed by atoms with van der Waals surface area (Å²) in [5.74, 6) is 0.0495. The van der Waals surface area contributed by atoms with Gasteiger partial charge in [-0.2, -0.15) is 4.98 Å². The van der Waals surface area contributed by atoms with Gasteiger partial charge in [-0.25, -0.2) is 0 Å². The average molecular weight is 254 g/mol. The fourth-order valence-corrected chi connectivity index (χ4v) is 1.25. The third kappa shape index (κ3) is 2.79. The van der Waals surface area contributed by atoms with Crippen molar-refractivity contribution in [1.82, 2.24) is 15.1 Å². The van der Waals surface area contributed by atoms with Crippen LogP contribution in [0.25, 0.3) is 11.5 Å². The number of hydrogen-bond acceptors (Lipinski definition) is 6. The Morgan fingerprint density at radius 3 is 3.00 bits per heavy atom. The smallest absolute Gasteiger partial charge is 0.315 e. The number of esters is 1. The zero-order valence-corrected chi connectivity index (χ0v) is 9.64. The van der Waals surface area contributed by atoms with Crippen LogP contribution in [-0.2, 0) is 16.0 Å². The number of pyridine rings is 1. The van der Waals surface area contributed by atoms with E-state index in [9.17, 15) is 4.79 Å². The molecule has 0 saturated carbocycles. The standard InChI is InChI=1S/C10H8ClN3O3/c1-16-9(15)4-8-13-10(14-17-8)7-3-2-6(11)5-12-7/h2-3,5H,4H2,1H3. The van der Waals surface area contributed by atoms with Crippen LogP contribution in [-0.4, -0.2) is 28.2 Å². The summed E-state index contributed by atoms with van der Waals surface area (Å²) in [6.07, 6.45) is 1.42. The Kier molecular flexibility index (Phi) is 3.34. The first-order valence-corrected chi connectivity index (χ1v) is 5.08. The summed E-state index contributed by atoms with van der Waals surface area (Å²) in [7, 11) is 1.29. The van der Waals surface area contributed by atoms with E-state index >= 15 is 0 Å². The van der Waals surface area contributed by atoms with Crippen molar-refractivity contribution in [1.29, 1.82) is 0 Å². The van der Waals surface area contributed by atoms with Gasteiger partial charge in [0, 0.05) is 6.20 Å². The van der Waals surface area contributed by atoms with Gasteiger partial charge in [0.1, 0.15) is 12.1 Å². The van der Waals surface area contributed by atoms with Gasteiger partial charge in [0.2, 0.25) is 11.7 Å². The summed E-state index contributed by atoms with van der Waals surface area (Å²) in [4.78, 5) is 19.0. The Balaban J connectivity index is 2.18. The lowest BCUT2D eigenvalue weighted by Gasteiger charge is -1.93. The topological polar surface area (TPSA) is 78.1 Å². The molecule has 2 heterocycles. The maximum absolute atomic E-state index is 11.0. The van der Waals surface area contributed by atoms with Crippen LogP contribution >= 0.6 is 11.6 Å². The maximum Gasteiger partial charge on any atom is 0.315 e. The summed E-state index contributed by atoms with van der Waals surface area (Å²) in [6, 6.07) is 3.33. The quantitative estimate of drug-likeness (QED) is 0.772. The average Bonchev–Trinajstić information content (AvgIpc) is 2.78. The minimum atomic E-state index is -0.440. The molecular weight excluding hydrogens is 246 g/mol. The second kappa shape index (κ2) is 4.92. The van der Waals surface area contributed by atoms with Crippen molar-refractivity contribution in [3.63, 3.8) is 0 Å².